The van der Waals surface area contributed by atoms with Crippen LogP contribution in [-0.4, -0.2) is 24.5 Å². The first-order valence-corrected chi connectivity index (χ1v) is 7.59. The number of carbonyl (C=O) groups is 1. The zero-order valence-electron chi connectivity index (χ0n) is 12.9. The third-order valence-electron chi connectivity index (χ3n) is 3.56. The lowest BCUT2D eigenvalue weighted by atomic mass is 10.1. The molecule has 0 saturated carbocycles. The molecule has 1 amide bonds. The van der Waals surface area contributed by atoms with Crippen molar-refractivity contribution in [3.63, 3.8) is 0 Å². The van der Waals surface area contributed by atoms with E-state index in [1.807, 2.05) is 20.8 Å². The zero-order chi connectivity index (χ0) is 14.6. The van der Waals surface area contributed by atoms with Gasteiger partial charge in [-0.25, -0.2) is 0 Å². The molecular weight excluding hydrogens is 248 g/mol. The van der Waals surface area contributed by atoms with Crippen LogP contribution >= 0.6 is 0 Å². The lowest BCUT2D eigenvalue weighted by Gasteiger charge is -2.20. The van der Waals surface area contributed by atoms with E-state index in [2.05, 4.69) is 34.5 Å². The predicted molar refractivity (Wildman–Crippen MR) is 84.1 cm³/mol. The molecule has 20 heavy (non-hydrogen) atoms. The van der Waals surface area contributed by atoms with Crippen LogP contribution in [0.25, 0.3) is 0 Å². The largest absolute Gasteiger partial charge is 0.372 e. The van der Waals surface area contributed by atoms with Gasteiger partial charge in [0.2, 0.25) is 5.91 Å². The van der Waals surface area contributed by atoms with Crippen molar-refractivity contribution >= 4 is 11.6 Å². The van der Waals surface area contributed by atoms with Crippen LogP contribution in [0.1, 0.15) is 45.6 Å². The summed E-state index contributed by atoms with van der Waals surface area (Å²) in [5.41, 5.74) is 2.40. The Morgan fingerprint density at radius 1 is 1.15 bits per heavy atom. The molecule has 110 valence electrons. The lowest BCUT2D eigenvalue weighted by Crippen LogP contribution is -2.40. The third-order valence-corrected chi connectivity index (χ3v) is 3.56. The normalized spacial score (nSPS) is 15.4. The number of amides is 1. The van der Waals surface area contributed by atoms with Gasteiger partial charge in [0.15, 0.2) is 0 Å². The summed E-state index contributed by atoms with van der Waals surface area (Å²) in [6.45, 7) is 8.38. The Labute approximate surface area is 122 Å². The molecule has 1 aromatic rings. The number of aryl methyl sites for hydroxylation is 1. The third kappa shape index (κ3) is 4.55. The summed E-state index contributed by atoms with van der Waals surface area (Å²) >= 11 is 0. The van der Waals surface area contributed by atoms with Crippen molar-refractivity contribution in [2.45, 2.75) is 52.0 Å². The van der Waals surface area contributed by atoms with Gasteiger partial charge >= 0.3 is 0 Å². The maximum atomic E-state index is 11.8. The highest BCUT2D eigenvalue weighted by molar-refractivity contribution is 5.76. The second-order valence-corrected chi connectivity index (χ2v) is 6.66. The molecule has 1 aliphatic rings. The van der Waals surface area contributed by atoms with E-state index < -0.39 is 0 Å². The summed E-state index contributed by atoms with van der Waals surface area (Å²) in [6, 6.07) is 8.67. The van der Waals surface area contributed by atoms with Gasteiger partial charge in [-0.15, -0.1) is 0 Å². The second-order valence-electron chi connectivity index (χ2n) is 6.66. The van der Waals surface area contributed by atoms with Gasteiger partial charge in [0.05, 0.1) is 0 Å². The van der Waals surface area contributed by atoms with E-state index in [9.17, 15) is 4.79 Å². The Morgan fingerprint density at radius 2 is 1.75 bits per heavy atom. The highest BCUT2D eigenvalue weighted by Gasteiger charge is 2.14. The molecule has 0 bridgehead atoms. The molecular formula is C17H26N2O. The van der Waals surface area contributed by atoms with Crippen molar-refractivity contribution in [1.82, 2.24) is 5.32 Å². The summed E-state index contributed by atoms with van der Waals surface area (Å²) in [5.74, 6) is 0.126. The first-order valence-electron chi connectivity index (χ1n) is 7.59. The van der Waals surface area contributed by atoms with Crippen molar-refractivity contribution in [3.05, 3.63) is 29.8 Å². The fourth-order valence-corrected chi connectivity index (χ4v) is 2.59. The summed E-state index contributed by atoms with van der Waals surface area (Å²) in [6.07, 6.45) is 3.96. The minimum atomic E-state index is -0.142. The number of carbonyl (C=O) groups excluding carboxylic acids is 1. The number of hydrogen-bond acceptors (Lipinski definition) is 2. The quantitative estimate of drug-likeness (QED) is 0.915. The minimum absolute atomic E-state index is 0.126. The Kier molecular flexibility index (Phi) is 4.69. The number of hydrogen-bond donors (Lipinski definition) is 1. The lowest BCUT2D eigenvalue weighted by molar-refractivity contribution is -0.122. The van der Waals surface area contributed by atoms with Crippen molar-refractivity contribution in [2.24, 2.45) is 0 Å². The van der Waals surface area contributed by atoms with Crippen molar-refractivity contribution in [3.8, 4) is 0 Å². The van der Waals surface area contributed by atoms with Gasteiger partial charge in [0.25, 0.3) is 0 Å². The van der Waals surface area contributed by atoms with Gasteiger partial charge in [0, 0.05) is 30.7 Å². The van der Waals surface area contributed by atoms with Gasteiger partial charge in [-0.2, -0.15) is 0 Å². The van der Waals surface area contributed by atoms with Crippen LogP contribution in [-0.2, 0) is 11.2 Å². The predicted octanol–water partition coefficient (Wildman–Crippen LogP) is 3.13. The molecule has 1 aromatic carbocycles. The van der Waals surface area contributed by atoms with Gasteiger partial charge in [0.1, 0.15) is 0 Å². The fourth-order valence-electron chi connectivity index (χ4n) is 2.59. The molecule has 1 saturated heterocycles. The fraction of sp³-hybridized carbons (Fsp3) is 0.588. The average molecular weight is 274 g/mol. The van der Waals surface area contributed by atoms with E-state index in [1.54, 1.807) is 0 Å². The van der Waals surface area contributed by atoms with E-state index in [1.165, 1.54) is 37.2 Å². The summed E-state index contributed by atoms with van der Waals surface area (Å²) < 4.78 is 0. The number of rotatable bonds is 4. The molecule has 1 aliphatic heterocycles. The van der Waals surface area contributed by atoms with Gasteiger partial charge in [-0.05, 0) is 57.7 Å². The number of anilines is 1. The SMILES string of the molecule is CC(C)(C)NC(=O)CCc1ccc(N2CCCC2)cc1. The van der Waals surface area contributed by atoms with E-state index in [-0.39, 0.29) is 11.4 Å². The molecule has 1 heterocycles. The molecule has 3 heteroatoms. The van der Waals surface area contributed by atoms with Crippen LogP contribution in [0.15, 0.2) is 24.3 Å². The van der Waals surface area contributed by atoms with Gasteiger partial charge in [-0.3, -0.25) is 4.79 Å². The summed E-state index contributed by atoms with van der Waals surface area (Å²) in [7, 11) is 0. The van der Waals surface area contributed by atoms with Crippen LogP contribution in [0, 0.1) is 0 Å². The molecule has 2 rings (SSSR count). The Bertz CT molecular complexity index is 439. The Morgan fingerprint density at radius 3 is 2.30 bits per heavy atom. The number of nitrogens with one attached hydrogen (secondary N) is 1. The maximum absolute atomic E-state index is 11.8. The van der Waals surface area contributed by atoms with E-state index in [4.69, 9.17) is 0 Å². The van der Waals surface area contributed by atoms with Gasteiger partial charge in [-0.1, -0.05) is 12.1 Å². The van der Waals surface area contributed by atoms with Crippen LogP contribution < -0.4 is 10.2 Å². The molecule has 1 fully saturated rings. The monoisotopic (exact) mass is 274 g/mol. The van der Waals surface area contributed by atoms with Crippen molar-refractivity contribution < 1.29 is 4.79 Å². The zero-order valence-corrected chi connectivity index (χ0v) is 12.9. The number of benzene rings is 1. The molecule has 0 radical (unpaired) electrons. The minimum Gasteiger partial charge on any atom is -0.372 e. The van der Waals surface area contributed by atoms with Crippen molar-refractivity contribution in [2.75, 3.05) is 18.0 Å². The molecule has 0 spiro atoms. The van der Waals surface area contributed by atoms with E-state index in [0.717, 1.165) is 6.42 Å². The molecule has 0 atom stereocenters. The topological polar surface area (TPSA) is 32.3 Å². The Balaban J connectivity index is 1.83. The van der Waals surface area contributed by atoms with E-state index in [0.29, 0.717) is 6.42 Å². The van der Waals surface area contributed by atoms with E-state index >= 15 is 0 Å². The molecule has 0 unspecified atom stereocenters. The first kappa shape index (κ1) is 14.9. The van der Waals surface area contributed by atoms with Crippen LogP contribution in [0.5, 0.6) is 0 Å². The average Bonchev–Trinajstić information content (AvgIpc) is 2.89. The second kappa shape index (κ2) is 6.29. The first-order chi connectivity index (χ1) is 9.44. The number of nitrogens with zero attached hydrogens (tertiary/aromatic N) is 1. The molecule has 0 aromatic heterocycles. The molecule has 3 nitrogen and oxygen atoms in total. The summed E-state index contributed by atoms with van der Waals surface area (Å²) in [5, 5.41) is 3.00. The van der Waals surface area contributed by atoms with Crippen LogP contribution in [0.3, 0.4) is 0 Å². The molecule has 1 N–H and O–H groups in total. The van der Waals surface area contributed by atoms with Crippen LogP contribution in [0.4, 0.5) is 5.69 Å². The molecule has 0 aliphatic carbocycles. The highest BCUT2D eigenvalue weighted by atomic mass is 16.1. The maximum Gasteiger partial charge on any atom is 0.220 e. The standard InChI is InChI=1S/C17H26N2O/c1-17(2,3)18-16(20)11-8-14-6-9-15(10-7-14)19-12-4-5-13-19/h6-7,9-10H,4-5,8,11-13H2,1-3H3,(H,18,20). The Hall–Kier alpha value is -1.51. The van der Waals surface area contributed by atoms with Crippen LogP contribution in [0.2, 0.25) is 0 Å². The highest BCUT2D eigenvalue weighted by Crippen LogP contribution is 2.20. The smallest absolute Gasteiger partial charge is 0.220 e. The van der Waals surface area contributed by atoms with Crippen molar-refractivity contribution in [1.29, 1.82) is 0 Å². The summed E-state index contributed by atoms with van der Waals surface area (Å²) in [4.78, 5) is 14.2. The van der Waals surface area contributed by atoms with Gasteiger partial charge < -0.3 is 10.2 Å².